The summed E-state index contributed by atoms with van der Waals surface area (Å²) in [6.45, 7) is 2.94. The van der Waals surface area contributed by atoms with E-state index in [1.807, 2.05) is 49.4 Å². The number of carbonyl (C=O) groups excluding carboxylic acids is 1. The van der Waals surface area contributed by atoms with E-state index in [0.717, 1.165) is 16.7 Å². The zero-order valence-electron chi connectivity index (χ0n) is 19.7. The summed E-state index contributed by atoms with van der Waals surface area (Å²) < 4.78 is 25.7. The summed E-state index contributed by atoms with van der Waals surface area (Å²) in [4.78, 5) is 23.2. The number of hydrogen-bond donors (Lipinski definition) is 2. The first-order chi connectivity index (χ1) is 16.7. The lowest BCUT2D eigenvalue weighted by Crippen LogP contribution is -2.50. The van der Waals surface area contributed by atoms with Crippen LogP contribution in [0.25, 0.3) is 11.1 Å². The summed E-state index contributed by atoms with van der Waals surface area (Å²) in [5.41, 5.74) is 2.79. The number of rotatable bonds is 7. The van der Waals surface area contributed by atoms with Crippen LogP contribution in [0, 0.1) is 5.82 Å². The Morgan fingerprint density at radius 3 is 2.37 bits per heavy atom. The molecule has 4 rings (SSSR count). The van der Waals surface area contributed by atoms with Gasteiger partial charge in [0.15, 0.2) is 6.61 Å². The van der Waals surface area contributed by atoms with E-state index >= 15 is 0 Å². The molecular formula is C28H28FNO5. The topological polar surface area (TPSA) is 84.9 Å². The van der Waals surface area contributed by atoms with Crippen molar-refractivity contribution in [3.8, 4) is 16.9 Å². The summed E-state index contributed by atoms with van der Waals surface area (Å²) in [7, 11) is 0. The van der Waals surface area contributed by atoms with E-state index in [4.69, 9.17) is 14.6 Å². The molecule has 0 aromatic heterocycles. The number of halogens is 1. The quantitative estimate of drug-likeness (QED) is 0.473. The first-order valence-electron chi connectivity index (χ1n) is 11.5. The minimum Gasteiger partial charge on any atom is -0.482 e. The SMILES string of the molecule is CC(=O)N[C@]1(C)C[C@@H](c2ccc(F)cc2)O[C@@H](c2cc(-c3ccccc3)ccc2OCC(=O)O)C1. The minimum atomic E-state index is -1.08. The molecule has 1 aliphatic heterocycles. The standard InChI is InChI=1S/C28H28FNO5/c1-18(31)30-28(2)15-25(20-8-11-22(29)12-9-20)35-26(16-28)23-14-21(19-6-4-3-5-7-19)10-13-24(23)34-17-27(32)33/h3-14,25-26H,15-17H2,1-2H3,(H,30,31)(H,32,33)/t25-,26+,28+/m0/s1. The molecule has 0 unspecified atom stereocenters. The van der Waals surface area contributed by atoms with Gasteiger partial charge >= 0.3 is 5.97 Å². The fourth-order valence-electron chi connectivity index (χ4n) is 4.66. The predicted octanol–water partition coefficient (Wildman–Crippen LogP) is 5.44. The van der Waals surface area contributed by atoms with Crippen LogP contribution in [-0.2, 0) is 14.3 Å². The van der Waals surface area contributed by atoms with Gasteiger partial charge < -0.3 is 19.9 Å². The molecule has 0 saturated carbocycles. The second-order valence-corrected chi connectivity index (χ2v) is 9.12. The molecule has 0 spiro atoms. The third kappa shape index (κ3) is 6.05. The maximum Gasteiger partial charge on any atom is 0.341 e. The van der Waals surface area contributed by atoms with Crippen molar-refractivity contribution < 1.29 is 28.6 Å². The van der Waals surface area contributed by atoms with Crippen LogP contribution in [0.1, 0.15) is 50.0 Å². The van der Waals surface area contributed by atoms with Gasteiger partial charge in [-0.05, 0) is 47.9 Å². The Balaban J connectivity index is 1.76. The van der Waals surface area contributed by atoms with Gasteiger partial charge in [-0.1, -0.05) is 48.5 Å². The van der Waals surface area contributed by atoms with Crippen LogP contribution < -0.4 is 10.1 Å². The summed E-state index contributed by atoms with van der Waals surface area (Å²) in [5, 5.41) is 12.2. The largest absolute Gasteiger partial charge is 0.482 e. The summed E-state index contributed by atoms with van der Waals surface area (Å²) in [5.74, 6) is -1.18. The number of amides is 1. The zero-order chi connectivity index (χ0) is 25.0. The van der Waals surface area contributed by atoms with Gasteiger partial charge in [0, 0.05) is 30.9 Å². The number of hydrogen-bond acceptors (Lipinski definition) is 4. The van der Waals surface area contributed by atoms with E-state index < -0.39 is 30.3 Å². The van der Waals surface area contributed by atoms with Crippen molar-refractivity contribution in [3.63, 3.8) is 0 Å². The number of aliphatic carboxylic acids is 1. The Kier molecular flexibility index (Phi) is 7.17. The normalized spacial score (nSPS) is 21.8. The lowest BCUT2D eigenvalue weighted by Gasteiger charge is -2.43. The van der Waals surface area contributed by atoms with Gasteiger partial charge in [-0.3, -0.25) is 4.79 Å². The Morgan fingerprint density at radius 1 is 1.03 bits per heavy atom. The van der Waals surface area contributed by atoms with E-state index in [2.05, 4.69) is 5.32 Å². The summed E-state index contributed by atoms with van der Waals surface area (Å²) in [6.07, 6.45) is 0.0201. The molecule has 7 heteroatoms. The van der Waals surface area contributed by atoms with Crippen molar-refractivity contribution in [2.45, 2.75) is 44.4 Å². The van der Waals surface area contributed by atoms with Gasteiger partial charge in [-0.25, -0.2) is 9.18 Å². The molecule has 6 nitrogen and oxygen atoms in total. The van der Waals surface area contributed by atoms with Gasteiger partial charge in [0.2, 0.25) is 5.91 Å². The summed E-state index contributed by atoms with van der Waals surface area (Å²) in [6, 6.07) is 21.5. The molecule has 1 fully saturated rings. The van der Waals surface area contributed by atoms with E-state index in [1.54, 1.807) is 18.2 Å². The molecule has 0 radical (unpaired) electrons. The van der Waals surface area contributed by atoms with Gasteiger partial charge in [-0.15, -0.1) is 0 Å². The van der Waals surface area contributed by atoms with Crippen LogP contribution in [0.4, 0.5) is 4.39 Å². The Bertz CT molecular complexity index is 1200. The average Bonchev–Trinajstić information content (AvgIpc) is 2.82. The van der Waals surface area contributed by atoms with Crippen LogP contribution in [0.15, 0.2) is 72.8 Å². The molecular weight excluding hydrogens is 449 g/mol. The maximum absolute atomic E-state index is 13.6. The van der Waals surface area contributed by atoms with Crippen molar-refractivity contribution >= 4 is 11.9 Å². The summed E-state index contributed by atoms with van der Waals surface area (Å²) >= 11 is 0. The number of benzene rings is 3. The Labute approximate surface area is 203 Å². The number of nitrogens with one attached hydrogen (secondary N) is 1. The number of carboxylic acids is 1. The van der Waals surface area contributed by atoms with Crippen LogP contribution in [0.5, 0.6) is 5.75 Å². The molecule has 0 aliphatic carbocycles. The second kappa shape index (κ2) is 10.3. The lowest BCUT2D eigenvalue weighted by molar-refractivity contribution is -0.139. The lowest BCUT2D eigenvalue weighted by atomic mass is 9.81. The fourth-order valence-corrected chi connectivity index (χ4v) is 4.66. The van der Waals surface area contributed by atoms with Crippen LogP contribution in [0.2, 0.25) is 0 Å². The average molecular weight is 478 g/mol. The van der Waals surface area contributed by atoms with Crippen molar-refractivity contribution in [3.05, 3.63) is 89.7 Å². The van der Waals surface area contributed by atoms with E-state index in [-0.39, 0.29) is 11.7 Å². The molecule has 1 amide bonds. The fraction of sp³-hybridized carbons (Fsp3) is 0.286. The smallest absolute Gasteiger partial charge is 0.341 e. The van der Waals surface area contributed by atoms with E-state index in [9.17, 15) is 14.0 Å². The third-order valence-corrected chi connectivity index (χ3v) is 6.13. The van der Waals surface area contributed by atoms with Crippen molar-refractivity contribution in [1.82, 2.24) is 5.32 Å². The molecule has 0 bridgehead atoms. The second-order valence-electron chi connectivity index (χ2n) is 9.12. The van der Waals surface area contributed by atoms with E-state index in [1.165, 1.54) is 19.1 Å². The first-order valence-corrected chi connectivity index (χ1v) is 11.5. The van der Waals surface area contributed by atoms with Gasteiger partial charge in [0.25, 0.3) is 0 Å². The highest BCUT2D eigenvalue weighted by Crippen LogP contribution is 2.46. The highest BCUT2D eigenvalue weighted by molar-refractivity contribution is 5.74. The number of ether oxygens (including phenoxy) is 2. The molecule has 1 heterocycles. The molecule has 1 saturated heterocycles. The van der Waals surface area contributed by atoms with Gasteiger partial charge in [-0.2, -0.15) is 0 Å². The predicted molar refractivity (Wildman–Crippen MR) is 129 cm³/mol. The minimum absolute atomic E-state index is 0.161. The van der Waals surface area contributed by atoms with Gasteiger partial charge in [0.05, 0.1) is 12.2 Å². The Morgan fingerprint density at radius 2 is 1.71 bits per heavy atom. The molecule has 35 heavy (non-hydrogen) atoms. The van der Waals surface area contributed by atoms with Crippen molar-refractivity contribution in [2.24, 2.45) is 0 Å². The van der Waals surface area contributed by atoms with Crippen molar-refractivity contribution in [1.29, 1.82) is 0 Å². The van der Waals surface area contributed by atoms with Crippen molar-refractivity contribution in [2.75, 3.05) is 6.61 Å². The highest BCUT2D eigenvalue weighted by atomic mass is 19.1. The highest BCUT2D eigenvalue weighted by Gasteiger charge is 2.41. The molecule has 3 atom stereocenters. The number of carboxylic acid groups (broad SMARTS) is 1. The van der Waals surface area contributed by atoms with Crippen LogP contribution >= 0.6 is 0 Å². The Hall–Kier alpha value is -3.71. The molecule has 2 N–H and O–H groups in total. The molecule has 182 valence electrons. The zero-order valence-corrected chi connectivity index (χ0v) is 19.7. The molecule has 1 aliphatic rings. The number of carbonyl (C=O) groups is 2. The third-order valence-electron chi connectivity index (χ3n) is 6.13. The molecule has 3 aromatic rings. The van der Waals surface area contributed by atoms with E-state index in [0.29, 0.717) is 24.2 Å². The first kappa shape index (κ1) is 24.4. The monoisotopic (exact) mass is 477 g/mol. The molecule has 3 aromatic carbocycles. The van der Waals surface area contributed by atoms with Gasteiger partial charge in [0.1, 0.15) is 11.6 Å². The van der Waals surface area contributed by atoms with Crippen LogP contribution in [0.3, 0.4) is 0 Å². The maximum atomic E-state index is 13.6. The van der Waals surface area contributed by atoms with Crippen LogP contribution in [-0.4, -0.2) is 29.1 Å².